The average molecular weight is 297 g/mol. The minimum Gasteiger partial charge on any atom is -0.479 e. The van der Waals surface area contributed by atoms with Crippen LogP contribution in [0.2, 0.25) is 0 Å². The molecule has 0 aliphatic heterocycles. The molecule has 0 fully saturated rings. The first-order valence-electron chi connectivity index (χ1n) is 5.22. The lowest BCUT2D eigenvalue weighted by molar-refractivity contribution is -0.115. The van der Waals surface area contributed by atoms with E-state index in [0.717, 1.165) is 6.42 Å². The van der Waals surface area contributed by atoms with Gasteiger partial charge < -0.3 is 10.1 Å². The number of amides is 1. The van der Waals surface area contributed by atoms with Crippen molar-refractivity contribution in [2.45, 2.75) is 18.2 Å². The first-order chi connectivity index (χ1) is 8.17. The lowest BCUT2D eigenvalue weighted by Crippen LogP contribution is -2.21. The Bertz CT molecular complexity index is 429. The summed E-state index contributed by atoms with van der Waals surface area (Å²) in [5, 5.41) is 11.2. The molecule has 0 saturated heterocycles. The second-order valence-electron chi connectivity index (χ2n) is 3.34. The zero-order valence-electron chi connectivity index (χ0n) is 9.44. The maximum atomic E-state index is 11.6. The highest BCUT2D eigenvalue weighted by Crippen LogP contribution is 2.18. The van der Waals surface area contributed by atoms with Crippen LogP contribution in [0.5, 0.6) is 5.75 Å². The summed E-state index contributed by atoms with van der Waals surface area (Å²) in [5.74, 6) is 0.469. The van der Waals surface area contributed by atoms with E-state index < -0.39 is 0 Å². The van der Waals surface area contributed by atoms with E-state index in [1.165, 1.54) is 0 Å². The summed E-state index contributed by atoms with van der Waals surface area (Å²) < 4.78 is 5.14. The van der Waals surface area contributed by atoms with Gasteiger partial charge in [-0.2, -0.15) is 5.26 Å². The minimum absolute atomic E-state index is 0.00652. The number of rotatable bonds is 5. The van der Waals surface area contributed by atoms with Gasteiger partial charge in [-0.15, -0.1) is 0 Å². The van der Waals surface area contributed by atoms with Crippen LogP contribution in [-0.2, 0) is 4.79 Å². The van der Waals surface area contributed by atoms with Crippen molar-refractivity contribution in [3.63, 3.8) is 0 Å². The molecular weight excluding hydrogens is 284 g/mol. The van der Waals surface area contributed by atoms with Crippen molar-refractivity contribution in [1.29, 1.82) is 5.26 Å². The summed E-state index contributed by atoms with van der Waals surface area (Å²) in [6.07, 6.45) is 0.719. The van der Waals surface area contributed by atoms with Crippen molar-refractivity contribution in [2.24, 2.45) is 0 Å². The number of hydrogen-bond donors (Lipinski definition) is 1. The van der Waals surface area contributed by atoms with Crippen LogP contribution in [-0.4, -0.2) is 17.3 Å². The molecule has 90 valence electrons. The fourth-order valence-corrected chi connectivity index (χ4v) is 1.30. The van der Waals surface area contributed by atoms with Gasteiger partial charge in [0.2, 0.25) is 5.91 Å². The van der Waals surface area contributed by atoms with Gasteiger partial charge in [0.1, 0.15) is 11.8 Å². The molecule has 0 bridgehead atoms. The fourth-order valence-electron chi connectivity index (χ4n) is 1.19. The van der Waals surface area contributed by atoms with Crippen LogP contribution in [0.25, 0.3) is 0 Å². The number of benzene rings is 1. The molecule has 1 aromatic rings. The molecule has 1 N–H and O–H groups in total. The SMILES string of the molecule is CCC(Br)C(=O)Nc1cccc(OCC#N)c1. The fraction of sp³-hybridized carbons (Fsp3) is 0.333. The predicted octanol–water partition coefficient (Wildman–Crippen LogP) is 2.70. The van der Waals surface area contributed by atoms with Gasteiger partial charge in [0.05, 0.1) is 4.83 Å². The number of nitrogens with zero attached hydrogens (tertiary/aromatic N) is 1. The van der Waals surface area contributed by atoms with Crippen LogP contribution in [0.1, 0.15) is 13.3 Å². The number of anilines is 1. The quantitative estimate of drug-likeness (QED) is 0.850. The lowest BCUT2D eigenvalue weighted by atomic mass is 10.2. The number of hydrogen-bond acceptors (Lipinski definition) is 3. The summed E-state index contributed by atoms with van der Waals surface area (Å²) in [4.78, 5) is 11.4. The zero-order chi connectivity index (χ0) is 12.7. The Kier molecular flexibility index (Phi) is 5.50. The Morgan fingerprint density at radius 3 is 3.06 bits per heavy atom. The van der Waals surface area contributed by atoms with Gasteiger partial charge >= 0.3 is 0 Å². The Balaban J connectivity index is 2.66. The average Bonchev–Trinajstić information content (AvgIpc) is 2.35. The van der Waals surface area contributed by atoms with Crippen LogP contribution in [0, 0.1) is 11.3 Å². The number of ether oxygens (including phenoxy) is 1. The van der Waals surface area contributed by atoms with Crippen molar-refractivity contribution in [2.75, 3.05) is 11.9 Å². The molecule has 1 atom stereocenters. The summed E-state index contributed by atoms with van der Waals surface area (Å²) in [6.45, 7) is 1.92. The van der Waals surface area contributed by atoms with Gasteiger partial charge in [-0.05, 0) is 18.6 Å². The summed E-state index contributed by atoms with van der Waals surface area (Å²) in [7, 11) is 0. The van der Waals surface area contributed by atoms with Gasteiger partial charge in [0.15, 0.2) is 6.61 Å². The number of halogens is 1. The van der Waals surface area contributed by atoms with Crippen molar-refractivity contribution >= 4 is 27.5 Å². The van der Waals surface area contributed by atoms with Crippen LogP contribution in [0.15, 0.2) is 24.3 Å². The van der Waals surface area contributed by atoms with Gasteiger partial charge in [0.25, 0.3) is 0 Å². The van der Waals surface area contributed by atoms with E-state index in [1.807, 2.05) is 13.0 Å². The third-order valence-corrected chi connectivity index (χ3v) is 3.11. The number of nitrogens with one attached hydrogen (secondary N) is 1. The van der Waals surface area contributed by atoms with E-state index in [4.69, 9.17) is 10.00 Å². The molecule has 1 aromatic carbocycles. The van der Waals surface area contributed by atoms with E-state index in [2.05, 4.69) is 21.2 Å². The van der Waals surface area contributed by atoms with Crippen LogP contribution in [0.3, 0.4) is 0 Å². The van der Waals surface area contributed by atoms with Gasteiger partial charge in [-0.3, -0.25) is 4.79 Å². The summed E-state index contributed by atoms with van der Waals surface area (Å²) in [5.41, 5.74) is 0.656. The monoisotopic (exact) mass is 296 g/mol. The molecule has 0 heterocycles. The van der Waals surface area contributed by atoms with Crippen molar-refractivity contribution in [3.8, 4) is 11.8 Å². The normalized spacial score (nSPS) is 11.4. The number of alkyl halides is 1. The van der Waals surface area contributed by atoms with Crippen molar-refractivity contribution < 1.29 is 9.53 Å². The highest BCUT2D eigenvalue weighted by molar-refractivity contribution is 9.10. The van der Waals surface area contributed by atoms with Crippen molar-refractivity contribution in [1.82, 2.24) is 0 Å². The second kappa shape index (κ2) is 6.92. The Morgan fingerprint density at radius 2 is 2.41 bits per heavy atom. The minimum atomic E-state index is -0.203. The summed E-state index contributed by atoms with van der Waals surface area (Å²) >= 11 is 3.27. The maximum absolute atomic E-state index is 11.6. The standard InChI is InChI=1S/C12H13BrN2O2/c1-2-11(13)12(16)15-9-4-3-5-10(8-9)17-7-6-14/h3-5,8,11H,2,7H2,1H3,(H,15,16). The first kappa shape index (κ1) is 13.5. The third-order valence-electron chi connectivity index (χ3n) is 2.05. The highest BCUT2D eigenvalue weighted by atomic mass is 79.9. The molecular formula is C12H13BrN2O2. The molecule has 17 heavy (non-hydrogen) atoms. The highest BCUT2D eigenvalue weighted by Gasteiger charge is 2.12. The number of carbonyl (C=O) groups excluding carboxylic acids is 1. The largest absolute Gasteiger partial charge is 0.479 e. The topological polar surface area (TPSA) is 62.1 Å². The zero-order valence-corrected chi connectivity index (χ0v) is 11.0. The Hall–Kier alpha value is -1.54. The van der Waals surface area contributed by atoms with E-state index in [-0.39, 0.29) is 17.3 Å². The van der Waals surface area contributed by atoms with Gasteiger partial charge in [0, 0.05) is 11.8 Å². The molecule has 4 nitrogen and oxygen atoms in total. The molecule has 1 amide bonds. The molecule has 1 unspecified atom stereocenters. The molecule has 1 rings (SSSR count). The van der Waals surface area contributed by atoms with Gasteiger partial charge in [-0.1, -0.05) is 28.9 Å². The predicted molar refractivity (Wildman–Crippen MR) is 69.2 cm³/mol. The lowest BCUT2D eigenvalue weighted by Gasteiger charge is -2.09. The molecule has 0 aromatic heterocycles. The second-order valence-corrected chi connectivity index (χ2v) is 4.44. The number of nitriles is 1. The summed E-state index contributed by atoms with van der Waals surface area (Å²) in [6, 6.07) is 8.84. The van der Waals surface area contributed by atoms with Gasteiger partial charge in [-0.25, -0.2) is 0 Å². The molecule has 0 aliphatic rings. The number of carbonyl (C=O) groups is 1. The molecule has 0 spiro atoms. The molecule has 0 aliphatic carbocycles. The smallest absolute Gasteiger partial charge is 0.238 e. The molecule has 5 heteroatoms. The van der Waals surface area contributed by atoms with Crippen LogP contribution >= 0.6 is 15.9 Å². The van der Waals surface area contributed by atoms with Crippen LogP contribution in [0.4, 0.5) is 5.69 Å². The molecule has 0 radical (unpaired) electrons. The van der Waals surface area contributed by atoms with E-state index >= 15 is 0 Å². The Labute approximate surface area is 109 Å². The van der Waals surface area contributed by atoms with E-state index in [0.29, 0.717) is 11.4 Å². The van der Waals surface area contributed by atoms with E-state index in [1.54, 1.807) is 24.3 Å². The van der Waals surface area contributed by atoms with E-state index in [9.17, 15) is 4.79 Å². The first-order valence-corrected chi connectivity index (χ1v) is 6.13. The molecule has 0 saturated carbocycles. The third kappa shape index (κ3) is 4.45. The maximum Gasteiger partial charge on any atom is 0.238 e. The van der Waals surface area contributed by atoms with Crippen molar-refractivity contribution in [3.05, 3.63) is 24.3 Å². The van der Waals surface area contributed by atoms with Crippen LogP contribution < -0.4 is 10.1 Å². The Morgan fingerprint density at radius 1 is 1.65 bits per heavy atom.